The maximum atomic E-state index is 13.0. The van der Waals surface area contributed by atoms with Crippen molar-refractivity contribution in [2.75, 3.05) is 7.11 Å². The molecule has 0 saturated carbocycles. The molecule has 0 bridgehead atoms. The van der Waals surface area contributed by atoms with Crippen LogP contribution >= 0.6 is 0 Å². The number of rotatable bonds is 2. The normalized spacial score (nSPS) is 11.6. The molecule has 0 aliphatic carbocycles. The first-order valence-electron chi connectivity index (χ1n) is 5.37. The summed E-state index contributed by atoms with van der Waals surface area (Å²) in [5.74, 6) is -2.05. The Morgan fingerprint density at radius 2 is 1.95 bits per heavy atom. The second kappa shape index (κ2) is 4.55. The summed E-state index contributed by atoms with van der Waals surface area (Å²) in [7, 11) is 0.971. The monoisotopic (exact) mass is 286 g/mol. The number of carbonyl (C=O) groups is 2. The topological polar surface area (TPSA) is 85.2 Å². The van der Waals surface area contributed by atoms with Crippen molar-refractivity contribution in [3.8, 4) is 0 Å². The Bertz CT molecular complexity index is 704. The molecule has 1 aromatic carbocycles. The molecule has 0 aliphatic heterocycles. The van der Waals surface area contributed by atoms with E-state index >= 15 is 0 Å². The Labute approximate surface area is 110 Å². The molecule has 5 nitrogen and oxygen atoms in total. The zero-order valence-corrected chi connectivity index (χ0v) is 10.2. The summed E-state index contributed by atoms with van der Waals surface area (Å²) in [6.07, 6.45) is -4.79. The number of primary amides is 1. The fourth-order valence-corrected chi connectivity index (χ4v) is 1.95. The first kappa shape index (κ1) is 13.9. The van der Waals surface area contributed by atoms with Gasteiger partial charge < -0.3 is 15.5 Å². The Hall–Kier alpha value is -2.51. The van der Waals surface area contributed by atoms with Crippen LogP contribution in [0.5, 0.6) is 0 Å². The van der Waals surface area contributed by atoms with Gasteiger partial charge in [0.15, 0.2) is 0 Å². The molecule has 1 aromatic heterocycles. The number of nitrogens with one attached hydrogen (secondary N) is 1. The van der Waals surface area contributed by atoms with Crippen LogP contribution in [0.25, 0.3) is 10.9 Å². The summed E-state index contributed by atoms with van der Waals surface area (Å²) in [5.41, 5.74) is 2.88. The minimum atomic E-state index is -4.79. The van der Waals surface area contributed by atoms with Gasteiger partial charge in [-0.05, 0) is 6.07 Å². The summed E-state index contributed by atoms with van der Waals surface area (Å²) in [6, 6.07) is 3.88. The van der Waals surface area contributed by atoms with Gasteiger partial charge in [0.25, 0.3) is 5.91 Å². The summed E-state index contributed by atoms with van der Waals surface area (Å²) in [5, 5.41) is -0.0690. The van der Waals surface area contributed by atoms with Gasteiger partial charge in [0.05, 0.1) is 23.8 Å². The van der Waals surface area contributed by atoms with E-state index in [2.05, 4.69) is 4.74 Å². The first-order chi connectivity index (χ1) is 9.27. The number of carbonyl (C=O) groups excluding carboxylic acids is 2. The molecule has 0 fully saturated rings. The van der Waals surface area contributed by atoms with Crippen LogP contribution in [0.3, 0.4) is 0 Å². The molecule has 0 atom stereocenters. The Balaban J connectivity index is 2.89. The minimum Gasteiger partial charge on any atom is -0.465 e. The second-order valence-corrected chi connectivity index (χ2v) is 3.96. The number of aromatic nitrogens is 1. The van der Waals surface area contributed by atoms with E-state index in [1.54, 1.807) is 0 Å². The number of fused-ring (bicyclic) bond motifs is 1. The van der Waals surface area contributed by atoms with Crippen molar-refractivity contribution in [1.29, 1.82) is 0 Å². The number of hydrogen-bond acceptors (Lipinski definition) is 3. The predicted molar refractivity (Wildman–Crippen MR) is 63.2 cm³/mol. The summed E-state index contributed by atoms with van der Waals surface area (Å²) >= 11 is 0. The van der Waals surface area contributed by atoms with Crippen molar-refractivity contribution in [2.45, 2.75) is 6.18 Å². The van der Waals surface area contributed by atoms with E-state index in [0.29, 0.717) is 0 Å². The second-order valence-electron chi connectivity index (χ2n) is 3.96. The molecule has 0 unspecified atom stereocenters. The smallest absolute Gasteiger partial charge is 0.432 e. The van der Waals surface area contributed by atoms with E-state index in [0.717, 1.165) is 7.11 Å². The molecular formula is C12H9F3N2O3. The highest BCUT2D eigenvalue weighted by Gasteiger charge is 2.39. The van der Waals surface area contributed by atoms with Crippen LogP contribution in [0.1, 0.15) is 26.4 Å². The van der Waals surface area contributed by atoms with Crippen LogP contribution in [0.15, 0.2) is 18.2 Å². The van der Waals surface area contributed by atoms with Gasteiger partial charge in [-0.25, -0.2) is 4.79 Å². The molecule has 0 radical (unpaired) electrons. The van der Waals surface area contributed by atoms with Gasteiger partial charge in [-0.3, -0.25) is 4.79 Å². The molecule has 0 saturated heterocycles. The number of nitrogens with two attached hydrogens (primary N) is 1. The first-order valence-corrected chi connectivity index (χ1v) is 5.37. The number of esters is 1. The highest BCUT2D eigenvalue weighted by Crippen LogP contribution is 2.36. The van der Waals surface area contributed by atoms with Crippen molar-refractivity contribution < 1.29 is 27.5 Å². The van der Waals surface area contributed by atoms with Crippen molar-refractivity contribution in [3.63, 3.8) is 0 Å². The maximum absolute atomic E-state index is 13.0. The van der Waals surface area contributed by atoms with Gasteiger partial charge in [-0.1, -0.05) is 12.1 Å². The quantitative estimate of drug-likeness (QED) is 0.829. The van der Waals surface area contributed by atoms with E-state index in [4.69, 9.17) is 5.73 Å². The Kier molecular flexibility index (Phi) is 3.16. The van der Waals surface area contributed by atoms with Crippen molar-refractivity contribution in [1.82, 2.24) is 4.98 Å². The van der Waals surface area contributed by atoms with Crippen LogP contribution in [0.2, 0.25) is 0 Å². The third-order valence-corrected chi connectivity index (χ3v) is 2.77. The van der Waals surface area contributed by atoms with Gasteiger partial charge >= 0.3 is 12.1 Å². The van der Waals surface area contributed by atoms with E-state index in [1.165, 1.54) is 18.2 Å². The molecule has 2 rings (SSSR count). The van der Waals surface area contributed by atoms with E-state index in [9.17, 15) is 22.8 Å². The molecule has 2 aromatic rings. The zero-order valence-electron chi connectivity index (χ0n) is 10.2. The molecule has 106 valence electrons. The number of amides is 1. The van der Waals surface area contributed by atoms with Gasteiger partial charge in [0, 0.05) is 5.39 Å². The predicted octanol–water partition coefficient (Wildman–Crippen LogP) is 2.07. The number of hydrogen-bond donors (Lipinski definition) is 2. The average molecular weight is 286 g/mol. The Morgan fingerprint density at radius 1 is 1.30 bits per heavy atom. The largest absolute Gasteiger partial charge is 0.465 e. The lowest BCUT2D eigenvalue weighted by Gasteiger charge is -2.06. The zero-order chi connectivity index (χ0) is 15.1. The number of alkyl halides is 3. The molecule has 1 heterocycles. The standard InChI is InChI=1S/C12H9F3N2O3/c1-20-11(19)7-5-3-2-4-6(10(16)18)8(5)17-9(7)12(13,14)15/h2-4,17H,1H3,(H2,16,18). The molecule has 1 amide bonds. The van der Waals surface area contributed by atoms with E-state index < -0.39 is 29.3 Å². The van der Waals surface area contributed by atoms with E-state index in [-0.39, 0.29) is 16.5 Å². The van der Waals surface area contributed by atoms with E-state index in [1.807, 2.05) is 4.98 Å². The fraction of sp³-hybridized carbons (Fsp3) is 0.167. The molecular weight excluding hydrogens is 277 g/mol. The number of aromatic amines is 1. The lowest BCUT2D eigenvalue weighted by Crippen LogP contribution is -2.13. The van der Waals surface area contributed by atoms with Gasteiger partial charge in [0.1, 0.15) is 5.69 Å². The van der Waals surface area contributed by atoms with Crippen molar-refractivity contribution >= 4 is 22.8 Å². The summed E-state index contributed by atoms with van der Waals surface area (Å²) < 4.78 is 43.2. The number of benzene rings is 1. The summed E-state index contributed by atoms with van der Waals surface area (Å²) in [6.45, 7) is 0. The number of methoxy groups -OCH3 is 1. The maximum Gasteiger partial charge on any atom is 0.432 e. The Morgan fingerprint density at radius 3 is 2.45 bits per heavy atom. The van der Waals surface area contributed by atoms with Crippen LogP contribution in [-0.2, 0) is 10.9 Å². The lowest BCUT2D eigenvalue weighted by molar-refractivity contribution is -0.141. The van der Waals surface area contributed by atoms with Gasteiger partial charge in [-0.2, -0.15) is 13.2 Å². The highest BCUT2D eigenvalue weighted by molar-refractivity contribution is 6.12. The third-order valence-electron chi connectivity index (χ3n) is 2.77. The molecule has 8 heteroatoms. The molecule has 0 aliphatic rings. The van der Waals surface area contributed by atoms with Gasteiger partial charge in [-0.15, -0.1) is 0 Å². The highest BCUT2D eigenvalue weighted by atomic mass is 19.4. The lowest BCUT2D eigenvalue weighted by atomic mass is 10.1. The fourth-order valence-electron chi connectivity index (χ4n) is 1.95. The van der Waals surface area contributed by atoms with Crippen molar-refractivity contribution in [3.05, 3.63) is 35.0 Å². The van der Waals surface area contributed by atoms with Crippen LogP contribution < -0.4 is 5.73 Å². The third kappa shape index (κ3) is 2.09. The number of para-hydroxylation sites is 1. The number of H-pyrrole nitrogens is 1. The average Bonchev–Trinajstić information content (AvgIpc) is 2.76. The minimum absolute atomic E-state index is 0.0690. The number of halogens is 3. The number of ether oxygens (including phenoxy) is 1. The summed E-state index contributed by atoms with van der Waals surface area (Å²) in [4.78, 5) is 24.9. The SMILES string of the molecule is COC(=O)c1c(C(F)(F)F)[nH]c2c(C(N)=O)cccc12. The van der Waals surface area contributed by atoms with Gasteiger partial charge in [0.2, 0.25) is 0 Å². The van der Waals surface area contributed by atoms with Crippen LogP contribution in [-0.4, -0.2) is 24.0 Å². The molecule has 0 spiro atoms. The van der Waals surface area contributed by atoms with Crippen molar-refractivity contribution in [2.24, 2.45) is 5.73 Å². The van der Waals surface area contributed by atoms with Crippen LogP contribution in [0, 0.1) is 0 Å². The van der Waals surface area contributed by atoms with Crippen LogP contribution in [0.4, 0.5) is 13.2 Å². The molecule has 20 heavy (non-hydrogen) atoms. The molecule has 3 N–H and O–H groups in total.